The van der Waals surface area contributed by atoms with Gasteiger partial charge in [0, 0.05) is 4.75 Å². The van der Waals surface area contributed by atoms with Crippen molar-refractivity contribution < 1.29 is 29.0 Å². The normalized spacial score (nSPS) is 24.7. The number of hydrogen-bond acceptors (Lipinski definition) is 6. The zero-order valence-electron chi connectivity index (χ0n) is 19.4. The van der Waals surface area contributed by atoms with Crippen LogP contribution in [-0.4, -0.2) is 56.0 Å². The Balaban J connectivity index is 1.38. The molecule has 0 saturated carbocycles. The Morgan fingerprint density at radius 2 is 1.86 bits per heavy atom. The molecule has 2 amide bonds. The number of nitrogens with one attached hydrogen (secondary N) is 1. The van der Waals surface area contributed by atoms with Gasteiger partial charge in [-0.3, -0.25) is 14.4 Å². The van der Waals surface area contributed by atoms with E-state index in [2.05, 4.69) is 5.32 Å². The zero-order chi connectivity index (χ0) is 24.9. The van der Waals surface area contributed by atoms with Gasteiger partial charge in [0.25, 0.3) is 0 Å². The minimum atomic E-state index is -1.27. The molecular weight excluding hydrogens is 468 g/mol. The second kappa shape index (κ2) is 8.71. The number of fused-ring (bicyclic) bond motifs is 2. The van der Waals surface area contributed by atoms with Crippen molar-refractivity contribution in [2.75, 3.05) is 0 Å². The summed E-state index contributed by atoms with van der Waals surface area (Å²) in [6.45, 7) is 3.53. The molecule has 2 unspecified atom stereocenters. The van der Waals surface area contributed by atoms with Gasteiger partial charge in [-0.1, -0.05) is 42.5 Å². The fourth-order valence-corrected chi connectivity index (χ4v) is 6.89. The summed E-state index contributed by atoms with van der Waals surface area (Å²) < 4.78 is 5.03. The van der Waals surface area contributed by atoms with Crippen molar-refractivity contribution in [3.05, 3.63) is 65.2 Å². The van der Waals surface area contributed by atoms with Crippen LogP contribution in [0.25, 0.3) is 0 Å². The minimum absolute atomic E-state index is 0.453. The van der Waals surface area contributed by atoms with Crippen LogP contribution in [0.15, 0.2) is 48.5 Å². The summed E-state index contributed by atoms with van der Waals surface area (Å²) in [7, 11) is 0. The van der Waals surface area contributed by atoms with Gasteiger partial charge in [-0.25, -0.2) is 4.79 Å². The van der Waals surface area contributed by atoms with Gasteiger partial charge < -0.3 is 20.1 Å². The molecule has 2 saturated heterocycles. The highest BCUT2D eigenvalue weighted by Gasteiger charge is 2.64. The van der Waals surface area contributed by atoms with Crippen LogP contribution in [0.1, 0.15) is 42.9 Å². The highest BCUT2D eigenvalue weighted by molar-refractivity contribution is 8.01. The number of rotatable bonds is 6. The van der Waals surface area contributed by atoms with E-state index in [1.165, 1.54) is 16.7 Å². The number of carboxylic acids is 1. The lowest BCUT2D eigenvalue weighted by molar-refractivity contribution is -0.161. The van der Waals surface area contributed by atoms with Crippen LogP contribution >= 0.6 is 11.8 Å². The maximum Gasteiger partial charge on any atom is 0.328 e. The van der Waals surface area contributed by atoms with E-state index in [0.29, 0.717) is 11.3 Å². The van der Waals surface area contributed by atoms with Crippen molar-refractivity contribution >= 4 is 35.5 Å². The zero-order valence-corrected chi connectivity index (χ0v) is 20.2. The summed E-state index contributed by atoms with van der Waals surface area (Å²) >= 11 is 1.33. The summed E-state index contributed by atoms with van der Waals surface area (Å²) in [4.78, 5) is 52.7. The Labute approximate surface area is 207 Å². The molecular formula is C26H26N2O6S. The second-order valence-electron chi connectivity index (χ2n) is 9.60. The lowest BCUT2D eigenvalue weighted by atomic mass is 9.94. The third-order valence-electron chi connectivity index (χ3n) is 6.92. The molecule has 9 heteroatoms. The summed E-state index contributed by atoms with van der Waals surface area (Å²) in [6, 6.07) is 12.3. The quantitative estimate of drug-likeness (QED) is 0.275. The maximum absolute atomic E-state index is 13.4. The van der Waals surface area contributed by atoms with Crippen LogP contribution < -0.4 is 10.1 Å². The van der Waals surface area contributed by atoms with Gasteiger partial charge in [-0.05, 0) is 55.9 Å². The Morgan fingerprint density at radius 3 is 2.57 bits per heavy atom. The largest absolute Gasteiger partial charge is 0.480 e. The highest BCUT2D eigenvalue weighted by atomic mass is 32.2. The first-order chi connectivity index (χ1) is 16.7. The smallest absolute Gasteiger partial charge is 0.328 e. The van der Waals surface area contributed by atoms with E-state index >= 15 is 0 Å². The van der Waals surface area contributed by atoms with E-state index in [-0.39, 0.29) is 0 Å². The van der Waals surface area contributed by atoms with Crippen molar-refractivity contribution in [2.24, 2.45) is 0 Å². The van der Waals surface area contributed by atoms with Crippen LogP contribution in [-0.2, 0) is 32.0 Å². The molecule has 5 rings (SSSR count). The number of ether oxygens (including phenoxy) is 1. The Hall–Kier alpha value is -3.33. The van der Waals surface area contributed by atoms with Crippen LogP contribution in [0.4, 0.5) is 0 Å². The van der Waals surface area contributed by atoms with E-state index in [0.717, 1.165) is 30.4 Å². The van der Waals surface area contributed by atoms with Crippen molar-refractivity contribution in [3.8, 4) is 5.75 Å². The number of aliphatic carboxylic acids is 1. The van der Waals surface area contributed by atoms with Crippen molar-refractivity contribution in [3.63, 3.8) is 0 Å². The molecule has 0 bridgehead atoms. The van der Waals surface area contributed by atoms with Gasteiger partial charge >= 0.3 is 11.9 Å². The topological polar surface area (TPSA) is 113 Å². The average molecular weight is 495 g/mol. The van der Waals surface area contributed by atoms with Crippen LogP contribution in [0.2, 0.25) is 0 Å². The first kappa shape index (κ1) is 23.4. The molecule has 35 heavy (non-hydrogen) atoms. The van der Waals surface area contributed by atoms with Crippen molar-refractivity contribution in [2.45, 2.75) is 61.2 Å². The SMILES string of the molecule is CC1(C)S[C@@H]2[C@H](NC(=O)C(C(=O)Oc3cccc4c3CCC4)c3ccccc3)C(=O)N2C1C(=O)O. The molecule has 2 aromatic rings. The average Bonchev–Trinajstić information content (AvgIpc) is 3.39. The summed E-state index contributed by atoms with van der Waals surface area (Å²) in [5.74, 6) is -3.73. The lowest BCUT2D eigenvalue weighted by Crippen LogP contribution is -2.71. The summed E-state index contributed by atoms with van der Waals surface area (Å²) in [5.41, 5.74) is 2.58. The molecule has 4 atom stereocenters. The number of carbonyl (C=O) groups excluding carboxylic acids is 3. The molecule has 0 aromatic heterocycles. The molecule has 8 nitrogen and oxygen atoms in total. The van der Waals surface area contributed by atoms with Gasteiger partial charge in [-0.2, -0.15) is 0 Å². The summed E-state index contributed by atoms with van der Waals surface area (Å²) in [6.07, 6.45) is 2.72. The molecule has 0 spiro atoms. The van der Waals surface area contributed by atoms with Gasteiger partial charge in [0.1, 0.15) is 23.2 Å². The van der Waals surface area contributed by atoms with E-state index in [1.807, 2.05) is 12.1 Å². The minimum Gasteiger partial charge on any atom is -0.480 e. The molecule has 2 heterocycles. The van der Waals surface area contributed by atoms with Gasteiger partial charge in [0.05, 0.1) is 0 Å². The number of thioether (sulfide) groups is 1. The second-order valence-corrected chi connectivity index (χ2v) is 11.4. The molecule has 0 radical (unpaired) electrons. The number of nitrogens with zero attached hydrogens (tertiary/aromatic N) is 1. The van der Waals surface area contributed by atoms with Crippen molar-refractivity contribution in [1.82, 2.24) is 10.2 Å². The van der Waals surface area contributed by atoms with E-state index in [1.54, 1.807) is 50.2 Å². The number of amides is 2. The third-order valence-corrected chi connectivity index (χ3v) is 8.49. The van der Waals surface area contributed by atoms with Crippen molar-refractivity contribution in [1.29, 1.82) is 0 Å². The van der Waals surface area contributed by atoms with Crippen LogP contribution in [0, 0.1) is 0 Å². The number of benzene rings is 2. The molecule has 1 aliphatic carbocycles. The molecule has 2 aliphatic heterocycles. The lowest BCUT2D eigenvalue weighted by Gasteiger charge is -2.43. The fourth-order valence-electron chi connectivity index (χ4n) is 5.27. The number of hydrogen-bond donors (Lipinski definition) is 2. The molecule has 2 fully saturated rings. The third kappa shape index (κ3) is 3.97. The van der Waals surface area contributed by atoms with Gasteiger partial charge in [-0.15, -0.1) is 11.8 Å². The number of carboxylic acid groups (broad SMARTS) is 1. The highest BCUT2D eigenvalue weighted by Crippen LogP contribution is 2.50. The Kier molecular flexibility index (Phi) is 5.83. The standard InChI is InChI=1S/C26H26N2O6S/c1-26(2)20(24(31)32)28-22(30)19(23(28)35-26)27-21(29)18(15-8-4-3-5-9-15)25(33)34-17-13-7-11-14-10-6-12-16(14)17/h3-5,7-9,11,13,18-20,23H,6,10,12H2,1-2H3,(H,27,29)(H,31,32)/t18?,19-,20?,23-/m1/s1. The molecule has 2 N–H and O–H groups in total. The molecule has 2 aromatic carbocycles. The number of carbonyl (C=O) groups is 4. The van der Waals surface area contributed by atoms with E-state index in [4.69, 9.17) is 4.74 Å². The molecule has 182 valence electrons. The first-order valence-electron chi connectivity index (χ1n) is 11.6. The fraction of sp³-hybridized carbons (Fsp3) is 0.385. The predicted octanol–water partition coefficient (Wildman–Crippen LogP) is 2.50. The Morgan fingerprint density at radius 1 is 1.11 bits per heavy atom. The first-order valence-corrected chi connectivity index (χ1v) is 12.5. The van der Waals surface area contributed by atoms with Gasteiger partial charge in [0.2, 0.25) is 11.8 Å². The maximum atomic E-state index is 13.4. The van der Waals surface area contributed by atoms with E-state index in [9.17, 15) is 24.3 Å². The Bertz CT molecular complexity index is 1210. The van der Waals surface area contributed by atoms with E-state index < -0.39 is 51.9 Å². The van der Waals surface area contributed by atoms with Crippen LogP contribution in [0.3, 0.4) is 0 Å². The summed E-state index contributed by atoms with van der Waals surface area (Å²) in [5, 5.41) is 11.8. The van der Waals surface area contributed by atoms with Gasteiger partial charge in [0.15, 0.2) is 5.92 Å². The monoisotopic (exact) mass is 494 g/mol. The number of esters is 1. The number of β-lactam (4-membered cyclic amide) rings is 1. The van der Waals surface area contributed by atoms with Crippen LogP contribution in [0.5, 0.6) is 5.75 Å². The predicted molar refractivity (Wildman–Crippen MR) is 129 cm³/mol. The molecule has 3 aliphatic rings. The number of aryl methyl sites for hydroxylation is 1.